The SMILES string of the molecule is CNCCNC(=O)CCCOc1ccc(C)c(C)c1. The molecule has 0 fully saturated rings. The van der Waals surface area contributed by atoms with Crippen LogP contribution in [0.3, 0.4) is 0 Å². The zero-order chi connectivity index (χ0) is 14.1. The van der Waals surface area contributed by atoms with Crippen LogP contribution in [0, 0.1) is 13.8 Å². The smallest absolute Gasteiger partial charge is 0.220 e. The van der Waals surface area contributed by atoms with Gasteiger partial charge in [0.25, 0.3) is 0 Å². The van der Waals surface area contributed by atoms with Gasteiger partial charge in [0.1, 0.15) is 5.75 Å². The van der Waals surface area contributed by atoms with Gasteiger partial charge in [0.15, 0.2) is 0 Å². The lowest BCUT2D eigenvalue weighted by Gasteiger charge is -2.08. The van der Waals surface area contributed by atoms with Gasteiger partial charge >= 0.3 is 0 Å². The second kappa shape index (κ2) is 8.53. The largest absolute Gasteiger partial charge is 0.494 e. The summed E-state index contributed by atoms with van der Waals surface area (Å²) in [5.74, 6) is 0.956. The fraction of sp³-hybridized carbons (Fsp3) is 0.533. The molecular formula is C15H24N2O2. The van der Waals surface area contributed by atoms with Crippen LogP contribution in [0.1, 0.15) is 24.0 Å². The molecule has 0 aromatic heterocycles. The number of aryl methyl sites for hydroxylation is 2. The third-order valence-corrected chi connectivity index (χ3v) is 2.99. The summed E-state index contributed by atoms with van der Waals surface area (Å²) < 4.78 is 5.63. The first-order valence-electron chi connectivity index (χ1n) is 6.75. The predicted molar refractivity (Wildman–Crippen MR) is 77.6 cm³/mol. The molecule has 4 heteroatoms. The second-order valence-electron chi connectivity index (χ2n) is 4.65. The van der Waals surface area contributed by atoms with Crippen molar-refractivity contribution in [1.82, 2.24) is 10.6 Å². The van der Waals surface area contributed by atoms with Crippen molar-refractivity contribution in [1.29, 1.82) is 0 Å². The lowest BCUT2D eigenvalue weighted by molar-refractivity contribution is -0.121. The van der Waals surface area contributed by atoms with E-state index in [2.05, 4.69) is 30.5 Å². The molecule has 19 heavy (non-hydrogen) atoms. The van der Waals surface area contributed by atoms with Crippen molar-refractivity contribution >= 4 is 5.91 Å². The van der Waals surface area contributed by atoms with Gasteiger partial charge in [0.05, 0.1) is 6.61 Å². The maximum atomic E-state index is 11.4. The standard InChI is InChI=1S/C15H24N2O2/c1-12-6-7-14(11-13(12)2)19-10-4-5-15(18)17-9-8-16-3/h6-7,11,16H,4-5,8-10H2,1-3H3,(H,17,18). The van der Waals surface area contributed by atoms with Crippen LogP contribution in [0.2, 0.25) is 0 Å². The van der Waals surface area contributed by atoms with E-state index in [1.54, 1.807) is 0 Å². The molecular weight excluding hydrogens is 240 g/mol. The van der Waals surface area contributed by atoms with Crippen molar-refractivity contribution in [2.45, 2.75) is 26.7 Å². The molecule has 2 N–H and O–H groups in total. The lowest BCUT2D eigenvalue weighted by Crippen LogP contribution is -2.30. The number of benzene rings is 1. The van der Waals surface area contributed by atoms with Crippen molar-refractivity contribution in [3.8, 4) is 5.75 Å². The minimum Gasteiger partial charge on any atom is -0.494 e. The molecule has 0 bridgehead atoms. The van der Waals surface area contributed by atoms with E-state index in [1.807, 2.05) is 19.2 Å². The first-order valence-corrected chi connectivity index (χ1v) is 6.75. The fourth-order valence-corrected chi connectivity index (χ4v) is 1.64. The molecule has 106 valence electrons. The quantitative estimate of drug-likeness (QED) is 0.704. The summed E-state index contributed by atoms with van der Waals surface area (Å²) >= 11 is 0. The van der Waals surface area contributed by atoms with Crippen molar-refractivity contribution < 1.29 is 9.53 Å². The zero-order valence-electron chi connectivity index (χ0n) is 12.1. The molecule has 0 aliphatic rings. The molecule has 1 amide bonds. The van der Waals surface area contributed by atoms with Gasteiger partial charge in [0.2, 0.25) is 5.91 Å². The Kier molecular flexibility index (Phi) is 6.97. The summed E-state index contributed by atoms with van der Waals surface area (Å²) in [6.45, 7) is 6.19. The molecule has 0 aliphatic carbocycles. The number of carbonyl (C=O) groups is 1. The van der Waals surface area contributed by atoms with Crippen LogP contribution in [0.4, 0.5) is 0 Å². The van der Waals surface area contributed by atoms with Crippen LogP contribution >= 0.6 is 0 Å². The summed E-state index contributed by atoms with van der Waals surface area (Å²) in [7, 11) is 1.86. The van der Waals surface area contributed by atoms with Gasteiger partial charge in [-0.3, -0.25) is 4.79 Å². The molecule has 0 atom stereocenters. The van der Waals surface area contributed by atoms with Gasteiger partial charge in [0, 0.05) is 19.5 Å². The minimum atomic E-state index is 0.0823. The third-order valence-electron chi connectivity index (χ3n) is 2.99. The van der Waals surface area contributed by atoms with E-state index in [0.717, 1.165) is 18.7 Å². The van der Waals surface area contributed by atoms with Crippen LogP contribution in [0.15, 0.2) is 18.2 Å². The topological polar surface area (TPSA) is 50.4 Å². The fourth-order valence-electron chi connectivity index (χ4n) is 1.64. The first kappa shape index (κ1) is 15.5. The Bertz CT molecular complexity index is 405. The third kappa shape index (κ3) is 6.25. The van der Waals surface area contributed by atoms with E-state index in [4.69, 9.17) is 4.74 Å². The van der Waals surface area contributed by atoms with E-state index in [0.29, 0.717) is 19.6 Å². The highest BCUT2D eigenvalue weighted by molar-refractivity contribution is 5.75. The Hall–Kier alpha value is -1.55. The minimum absolute atomic E-state index is 0.0823. The molecule has 0 radical (unpaired) electrons. The second-order valence-corrected chi connectivity index (χ2v) is 4.65. The van der Waals surface area contributed by atoms with Gasteiger partial charge in [-0.05, 0) is 50.6 Å². The van der Waals surface area contributed by atoms with Gasteiger partial charge in [-0.2, -0.15) is 0 Å². The monoisotopic (exact) mass is 264 g/mol. The van der Waals surface area contributed by atoms with E-state index >= 15 is 0 Å². The number of rotatable bonds is 8. The van der Waals surface area contributed by atoms with Crippen LogP contribution < -0.4 is 15.4 Å². The van der Waals surface area contributed by atoms with Crippen molar-refractivity contribution in [3.63, 3.8) is 0 Å². The van der Waals surface area contributed by atoms with Crippen molar-refractivity contribution in [2.75, 3.05) is 26.7 Å². The van der Waals surface area contributed by atoms with E-state index in [1.165, 1.54) is 11.1 Å². The van der Waals surface area contributed by atoms with Gasteiger partial charge in [-0.25, -0.2) is 0 Å². The number of ether oxygens (including phenoxy) is 1. The van der Waals surface area contributed by atoms with Crippen LogP contribution in [0.25, 0.3) is 0 Å². The molecule has 4 nitrogen and oxygen atoms in total. The van der Waals surface area contributed by atoms with Crippen LogP contribution in [0.5, 0.6) is 5.75 Å². The number of hydrogen-bond donors (Lipinski definition) is 2. The predicted octanol–water partition coefficient (Wildman–Crippen LogP) is 1.80. The highest BCUT2D eigenvalue weighted by Crippen LogP contribution is 2.16. The molecule has 0 spiro atoms. The number of hydrogen-bond acceptors (Lipinski definition) is 3. The average Bonchev–Trinajstić information content (AvgIpc) is 2.39. The highest BCUT2D eigenvalue weighted by atomic mass is 16.5. The number of likely N-dealkylation sites (N-methyl/N-ethyl adjacent to an activating group) is 1. The Labute approximate surface area is 115 Å². The summed E-state index contributed by atoms with van der Waals surface area (Å²) in [6, 6.07) is 6.05. The summed E-state index contributed by atoms with van der Waals surface area (Å²) in [4.78, 5) is 11.4. The molecule has 0 saturated heterocycles. The molecule has 1 aromatic rings. The number of amides is 1. The van der Waals surface area contributed by atoms with Gasteiger partial charge in [-0.1, -0.05) is 6.07 Å². The maximum absolute atomic E-state index is 11.4. The Balaban J connectivity index is 2.16. The Morgan fingerprint density at radius 3 is 2.68 bits per heavy atom. The Morgan fingerprint density at radius 1 is 1.21 bits per heavy atom. The summed E-state index contributed by atoms with van der Waals surface area (Å²) in [6.07, 6.45) is 1.24. The molecule has 0 saturated carbocycles. The lowest BCUT2D eigenvalue weighted by atomic mass is 10.1. The van der Waals surface area contributed by atoms with Gasteiger partial charge in [-0.15, -0.1) is 0 Å². The maximum Gasteiger partial charge on any atom is 0.220 e. The average molecular weight is 264 g/mol. The summed E-state index contributed by atoms with van der Waals surface area (Å²) in [5.41, 5.74) is 2.48. The first-order chi connectivity index (χ1) is 9.13. The molecule has 0 unspecified atom stereocenters. The van der Waals surface area contributed by atoms with E-state index in [9.17, 15) is 4.79 Å². The van der Waals surface area contributed by atoms with E-state index in [-0.39, 0.29) is 5.91 Å². The van der Waals surface area contributed by atoms with E-state index < -0.39 is 0 Å². The number of nitrogens with one attached hydrogen (secondary N) is 2. The van der Waals surface area contributed by atoms with Crippen LogP contribution in [-0.2, 0) is 4.79 Å². The van der Waals surface area contributed by atoms with Crippen molar-refractivity contribution in [3.05, 3.63) is 29.3 Å². The molecule has 1 rings (SSSR count). The van der Waals surface area contributed by atoms with Crippen LogP contribution in [-0.4, -0.2) is 32.7 Å². The highest BCUT2D eigenvalue weighted by Gasteiger charge is 2.01. The van der Waals surface area contributed by atoms with Crippen molar-refractivity contribution in [2.24, 2.45) is 0 Å². The Morgan fingerprint density at radius 2 is 2.00 bits per heavy atom. The number of carbonyl (C=O) groups excluding carboxylic acids is 1. The van der Waals surface area contributed by atoms with Gasteiger partial charge < -0.3 is 15.4 Å². The normalized spacial score (nSPS) is 10.3. The molecule has 0 heterocycles. The summed E-state index contributed by atoms with van der Waals surface area (Å²) in [5, 5.41) is 5.82. The molecule has 1 aromatic carbocycles. The molecule has 0 aliphatic heterocycles. The zero-order valence-corrected chi connectivity index (χ0v) is 12.1.